The monoisotopic (exact) mass is 256 g/mol. The third-order valence-corrected chi connectivity index (χ3v) is 2.99. The van der Waals surface area contributed by atoms with Crippen LogP contribution < -0.4 is 11.1 Å². The summed E-state index contributed by atoms with van der Waals surface area (Å²) in [6.07, 6.45) is 0. The largest absolute Gasteiger partial charge is 0.507 e. The molecule has 0 fully saturated rings. The van der Waals surface area contributed by atoms with Crippen LogP contribution in [-0.4, -0.2) is 11.0 Å². The summed E-state index contributed by atoms with van der Waals surface area (Å²) >= 11 is 0. The van der Waals surface area contributed by atoms with Crippen molar-refractivity contribution in [2.75, 3.05) is 11.1 Å². The van der Waals surface area contributed by atoms with Crippen LogP contribution in [0, 0.1) is 13.8 Å². The van der Waals surface area contributed by atoms with Crippen molar-refractivity contribution in [2.45, 2.75) is 13.8 Å². The van der Waals surface area contributed by atoms with Crippen LogP contribution in [0.1, 0.15) is 21.5 Å². The summed E-state index contributed by atoms with van der Waals surface area (Å²) in [5.74, 6) is -0.351. The number of aryl methyl sites for hydroxylation is 2. The van der Waals surface area contributed by atoms with Gasteiger partial charge in [0.05, 0.1) is 5.56 Å². The van der Waals surface area contributed by atoms with Gasteiger partial charge in [0.1, 0.15) is 5.75 Å². The van der Waals surface area contributed by atoms with Crippen molar-refractivity contribution in [3.8, 4) is 5.75 Å². The molecule has 4 N–H and O–H groups in total. The number of hydrogen-bond acceptors (Lipinski definition) is 3. The standard InChI is InChI=1S/C15H16N2O2/c1-9-6-7-11(16)8-13(9)17-15(19)12-5-3-4-10(2)14(12)18/h3-8,18H,16H2,1-2H3,(H,17,19). The fraction of sp³-hybridized carbons (Fsp3) is 0.133. The third kappa shape index (κ3) is 2.68. The molecule has 19 heavy (non-hydrogen) atoms. The quantitative estimate of drug-likeness (QED) is 0.723. The molecule has 0 aromatic heterocycles. The maximum atomic E-state index is 12.1. The molecule has 0 heterocycles. The number of nitrogens with two attached hydrogens (primary N) is 1. The second kappa shape index (κ2) is 5.02. The van der Waals surface area contributed by atoms with Crippen LogP contribution in [0.2, 0.25) is 0 Å². The summed E-state index contributed by atoms with van der Waals surface area (Å²) < 4.78 is 0. The molecule has 98 valence electrons. The number of para-hydroxylation sites is 1. The van der Waals surface area contributed by atoms with Crippen LogP contribution in [0.5, 0.6) is 5.75 Å². The highest BCUT2D eigenvalue weighted by Gasteiger charge is 2.13. The number of carbonyl (C=O) groups is 1. The first-order chi connectivity index (χ1) is 8.99. The molecule has 4 nitrogen and oxygen atoms in total. The second-order valence-electron chi connectivity index (χ2n) is 4.50. The highest BCUT2D eigenvalue weighted by Crippen LogP contribution is 2.24. The number of carbonyl (C=O) groups excluding carboxylic acids is 1. The Morgan fingerprint density at radius 2 is 1.89 bits per heavy atom. The fourth-order valence-electron chi connectivity index (χ4n) is 1.81. The van der Waals surface area contributed by atoms with E-state index in [9.17, 15) is 9.90 Å². The van der Waals surface area contributed by atoms with Crippen LogP contribution in [-0.2, 0) is 0 Å². The summed E-state index contributed by atoms with van der Waals surface area (Å²) in [5, 5.41) is 12.6. The maximum absolute atomic E-state index is 12.1. The van der Waals surface area contributed by atoms with E-state index in [1.165, 1.54) is 0 Å². The van der Waals surface area contributed by atoms with Crippen LogP contribution >= 0.6 is 0 Å². The van der Waals surface area contributed by atoms with E-state index in [0.29, 0.717) is 16.9 Å². The van der Waals surface area contributed by atoms with Gasteiger partial charge in [-0.15, -0.1) is 0 Å². The van der Waals surface area contributed by atoms with Gasteiger partial charge in [-0.05, 0) is 43.2 Å². The van der Waals surface area contributed by atoms with Crippen molar-refractivity contribution in [3.05, 3.63) is 53.1 Å². The molecule has 0 saturated carbocycles. The summed E-state index contributed by atoms with van der Waals surface area (Å²) in [4.78, 5) is 12.1. The Morgan fingerprint density at radius 3 is 2.63 bits per heavy atom. The molecule has 0 aliphatic rings. The predicted molar refractivity (Wildman–Crippen MR) is 76.4 cm³/mol. The fourth-order valence-corrected chi connectivity index (χ4v) is 1.81. The van der Waals surface area contributed by atoms with Crippen molar-refractivity contribution in [2.24, 2.45) is 0 Å². The van der Waals surface area contributed by atoms with Gasteiger partial charge < -0.3 is 16.2 Å². The lowest BCUT2D eigenvalue weighted by molar-refractivity contribution is 0.102. The molecule has 2 rings (SSSR count). The molecule has 0 saturated heterocycles. The van der Waals surface area contributed by atoms with Crippen molar-refractivity contribution >= 4 is 17.3 Å². The van der Waals surface area contributed by atoms with Crippen LogP contribution in [0.3, 0.4) is 0 Å². The molecule has 0 spiro atoms. The molecule has 0 radical (unpaired) electrons. The van der Waals surface area contributed by atoms with E-state index in [1.807, 2.05) is 13.0 Å². The molecule has 0 unspecified atom stereocenters. The molecule has 0 atom stereocenters. The zero-order chi connectivity index (χ0) is 14.0. The third-order valence-electron chi connectivity index (χ3n) is 2.99. The Morgan fingerprint density at radius 1 is 1.16 bits per heavy atom. The first-order valence-corrected chi connectivity index (χ1v) is 5.95. The topological polar surface area (TPSA) is 75.3 Å². The van der Waals surface area contributed by atoms with Gasteiger partial charge in [0.2, 0.25) is 0 Å². The molecule has 0 aliphatic carbocycles. The first-order valence-electron chi connectivity index (χ1n) is 5.95. The number of phenolic OH excluding ortho intramolecular Hbond substituents is 1. The van der Waals surface area contributed by atoms with E-state index < -0.39 is 0 Å². The van der Waals surface area contributed by atoms with Gasteiger partial charge in [0, 0.05) is 11.4 Å². The Bertz CT molecular complexity index is 636. The van der Waals surface area contributed by atoms with Crippen LogP contribution in [0.4, 0.5) is 11.4 Å². The summed E-state index contributed by atoms with van der Waals surface area (Å²) in [5.41, 5.74) is 8.74. The van der Waals surface area contributed by atoms with E-state index in [1.54, 1.807) is 37.3 Å². The van der Waals surface area contributed by atoms with E-state index in [-0.39, 0.29) is 17.2 Å². The number of rotatable bonds is 2. The summed E-state index contributed by atoms with van der Waals surface area (Å²) in [6.45, 7) is 3.63. The van der Waals surface area contributed by atoms with Gasteiger partial charge in [-0.2, -0.15) is 0 Å². The smallest absolute Gasteiger partial charge is 0.259 e. The molecule has 2 aromatic carbocycles. The Hall–Kier alpha value is -2.49. The van der Waals surface area contributed by atoms with Crippen molar-refractivity contribution in [3.63, 3.8) is 0 Å². The highest BCUT2D eigenvalue weighted by atomic mass is 16.3. The molecule has 0 bridgehead atoms. The Kier molecular flexibility index (Phi) is 3.42. The molecular formula is C15H16N2O2. The number of aromatic hydroxyl groups is 1. The minimum atomic E-state index is -0.352. The Balaban J connectivity index is 2.31. The van der Waals surface area contributed by atoms with Crippen molar-refractivity contribution in [1.29, 1.82) is 0 Å². The molecular weight excluding hydrogens is 240 g/mol. The van der Waals surface area contributed by atoms with Crippen LogP contribution in [0.15, 0.2) is 36.4 Å². The van der Waals surface area contributed by atoms with Gasteiger partial charge in [-0.3, -0.25) is 4.79 Å². The van der Waals surface area contributed by atoms with Crippen LogP contribution in [0.25, 0.3) is 0 Å². The van der Waals surface area contributed by atoms with Crippen molar-refractivity contribution in [1.82, 2.24) is 0 Å². The first kappa shape index (κ1) is 13.0. The molecule has 4 heteroatoms. The number of hydrogen-bond donors (Lipinski definition) is 3. The zero-order valence-electron chi connectivity index (χ0n) is 10.9. The van der Waals surface area contributed by atoms with Gasteiger partial charge in [-0.25, -0.2) is 0 Å². The number of nitrogen functional groups attached to an aromatic ring is 1. The van der Waals surface area contributed by atoms with Gasteiger partial charge >= 0.3 is 0 Å². The van der Waals surface area contributed by atoms with Gasteiger partial charge in [-0.1, -0.05) is 18.2 Å². The zero-order valence-corrected chi connectivity index (χ0v) is 10.9. The second-order valence-corrected chi connectivity index (χ2v) is 4.50. The number of phenols is 1. The average Bonchev–Trinajstić information content (AvgIpc) is 2.37. The SMILES string of the molecule is Cc1ccc(N)cc1NC(=O)c1cccc(C)c1O. The summed E-state index contributed by atoms with van der Waals surface area (Å²) in [6, 6.07) is 10.4. The minimum absolute atomic E-state index is 0.00144. The normalized spacial score (nSPS) is 10.2. The molecule has 1 amide bonds. The number of anilines is 2. The molecule has 2 aromatic rings. The van der Waals surface area contributed by atoms with Gasteiger partial charge in [0.15, 0.2) is 0 Å². The maximum Gasteiger partial charge on any atom is 0.259 e. The highest BCUT2D eigenvalue weighted by molar-refractivity contribution is 6.06. The number of benzene rings is 2. The van der Waals surface area contributed by atoms with E-state index in [4.69, 9.17) is 5.73 Å². The lowest BCUT2D eigenvalue weighted by Gasteiger charge is -2.11. The van der Waals surface area contributed by atoms with E-state index in [2.05, 4.69) is 5.32 Å². The Labute approximate surface area is 111 Å². The van der Waals surface area contributed by atoms with Crippen molar-refractivity contribution < 1.29 is 9.90 Å². The average molecular weight is 256 g/mol. The van der Waals surface area contributed by atoms with E-state index >= 15 is 0 Å². The lowest BCUT2D eigenvalue weighted by Crippen LogP contribution is -2.13. The number of amides is 1. The molecule has 0 aliphatic heterocycles. The van der Waals surface area contributed by atoms with Gasteiger partial charge in [0.25, 0.3) is 5.91 Å². The minimum Gasteiger partial charge on any atom is -0.507 e. The lowest BCUT2D eigenvalue weighted by atomic mass is 10.1. The summed E-state index contributed by atoms with van der Waals surface area (Å²) in [7, 11) is 0. The number of nitrogens with one attached hydrogen (secondary N) is 1. The predicted octanol–water partition coefficient (Wildman–Crippen LogP) is 2.84. The van der Waals surface area contributed by atoms with E-state index in [0.717, 1.165) is 5.56 Å².